The van der Waals surface area contributed by atoms with E-state index in [1.54, 1.807) is 12.1 Å². The van der Waals surface area contributed by atoms with Gasteiger partial charge in [0, 0.05) is 6.54 Å². The molecular weight excluding hydrogens is 356 g/mol. The molecule has 2 aliphatic rings. The first-order valence-electron chi connectivity index (χ1n) is 9.88. The Kier molecular flexibility index (Phi) is 4.98. The van der Waals surface area contributed by atoms with Gasteiger partial charge in [-0.3, -0.25) is 4.90 Å². The molecule has 6 heteroatoms. The lowest BCUT2D eigenvalue weighted by Gasteiger charge is -2.32. The number of hydrogen-bond donors (Lipinski definition) is 0. The second-order valence-electron chi connectivity index (χ2n) is 8.63. The van der Waals surface area contributed by atoms with Crippen molar-refractivity contribution in [1.82, 2.24) is 4.90 Å². The lowest BCUT2D eigenvalue weighted by Crippen LogP contribution is -2.41. The average Bonchev–Trinajstić information content (AvgIpc) is 2.81. The maximum absolute atomic E-state index is 13.1. The standard InChI is InChI=1S/C22H27BFNO3/c1-21(2)22(3,4)28-23(27-21)20-11-10-19(14-16(20)15-25-12-5-13-25)26-18-8-6-17(24)7-9-18/h6-11,14H,5,12-13,15H2,1-4H3. The van der Waals surface area contributed by atoms with Gasteiger partial charge in [0.25, 0.3) is 0 Å². The first-order valence-corrected chi connectivity index (χ1v) is 9.88. The van der Waals surface area contributed by atoms with Crippen molar-refractivity contribution in [1.29, 1.82) is 0 Å². The third-order valence-electron chi connectivity index (χ3n) is 6.01. The number of rotatable bonds is 5. The SMILES string of the molecule is CC1(C)OB(c2ccc(Oc3ccc(F)cc3)cc2CN2CCC2)OC1(C)C. The molecule has 0 amide bonds. The smallest absolute Gasteiger partial charge is 0.457 e. The van der Waals surface area contributed by atoms with Gasteiger partial charge < -0.3 is 14.0 Å². The van der Waals surface area contributed by atoms with E-state index in [9.17, 15) is 4.39 Å². The molecule has 0 aromatic heterocycles. The zero-order valence-electron chi connectivity index (χ0n) is 17.0. The molecule has 2 aliphatic heterocycles. The Morgan fingerprint density at radius 2 is 1.57 bits per heavy atom. The van der Waals surface area contributed by atoms with E-state index in [0.717, 1.165) is 36.4 Å². The van der Waals surface area contributed by atoms with Gasteiger partial charge in [-0.1, -0.05) is 6.07 Å². The molecule has 2 fully saturated rings. The Morgan fingerprint density at radius 3 is 2.14 bits per heavy atom. The summed E-state index contributed by atoms with van der Waals surface area (Å²) in [7, 11) is -0.402. The molecule has 2 heterocycles. The minimum atomic E-state index is -0.402. The van der Waals surface area contributed by atoms with Gasteiger partial charge in [0.1, 0.15) is 17.3 Å². The van der Waals surface area contributed by atoms with Gasteiger partial charge in [0.15, 0.2) is 0 Å². The number of halogens is 1. The average molecular weight is 383 g/mol. The van der Waals surface area contributed by atoms with Crippen LogP contribution in [0.2, 0.25) is 0 Å². The number of ether oxygens (including phenoxy) is 1. The molecule has 0 unspecified atom stereocenters. The topological polar surface area (TPSA) is 30.9 Å². The summed E-state index contributed by atoms with van der Waals surface area (Å²) in [4.78, 5) is 2.39. The lowest BCUT2D eigenvalue weighted by atomic mass is 9.75. The van der Waals surface area contributed by atoms with Gasteiger partial charge in [-0.05, 0) is 94.6 Å². The van der Waals surface area contributed by atoms with E-state index in [-0.39, 0.29) is 17.0 Å². The van der Waals surface area contributed by atoms with Crippen LogP contribution >= 0.6 is 0 Å². The first-order chi connectivity index (χ1) is 13.2. The van der Waals surface area contributed by atoms with Crippen molar-refractivity contribution in [3.63, 3.8) is 0 Å². The molecule has 148 valence electrons. The van der Waals surface area contributed by atoms with Crippen LogP contribution in [0.4, 0.5) is 4.39 Å². The molecule has 4 rings (SSSR count). The van der Waals surface area contributed by atoms with E-state index in [4.69, 9.17) is 14.0 Å². The van der Waals surface area contributed by atoms with Crippen LogP contribution in [0.5, 0.6) is 11.5 Å². The van der Waals surface area contributed by atoms with Gasteiger partial charge >= 0.3 is 7.12 Å². The number of likely N-dealkylation sites (tertiary alicyclic amines) is 1. The molecule has 0 aliphatic carbocycles. The Bertz CT molecular complexity index is 833. The fourth-order valence-corrected chi connectivity index (χ4v) is 3.40. The van der Waals surface area contributed by atoms with Crippen molar-refractivity contribution in [3.05, 3.63) is 53.8 Å². The highest BCUT2D eigenvalue weighted by Gasteiger charge is 2.52. The maximum atomic E-state index is 13.1. The predicted molar refractivity (Wildman–Crippen MR) is 109 cm³/mol. The van der Waals surface area contributed by atoms with Gasteiger partial charge in [0.2, 0.25) is 0 Å². The summed E-state index contributed by atoms with van der Waals surface area (Å²) in [5.41, 5.74) is 1.42. The van der Waals surface area contributed by atoms with Crippen molar-refractivity contribution in [2.24, 2.45) is 0 Å². The predicted octanol–water partition coefficient (Wildman–Crippen LogP) is 4.12. The van der Waals surface area contributed by atoms with Crippen LogP contribution in [0.15, 0.2) is 42.5 Å². The summed E-state index contributed by atoms with van der Waals surface area (Å²) in [6.07, 6.45) is 1.23. The molecule has 2 saturated heterocycles. The molecule has 2 aromatic carbocycles. The molecule has 4 nitrogen and oxygen atoms in total. The zero-order valence-corrected chi connectivity index (χ0v) is 17.0. The number of nitrogens with zero attached hydrogens (tertiary/aromatic N) is 1. The first kappa shape index (κ1) is 19.4. The Balaban J connectivity index is 1.61. The summed E-state index contributed by atoms with van der Waals surface area (Å²) >= 11 is 0. The largest absolute Gasteiger partial charge is 0.495 e. The quantitative estimate of drug-likeness (QED) is 0.727. The van der Waals surface area contributed by atoms with Crippen LogP contribution in [0.3, 0.4) is 0 Å². The zero-order chi connectivity index (χ0) is 19.9. The molecular formula is C22H27BFNO3. The van der Waals surface area contributed by atoms with Gasteiger partial charge in [-0.15, -0.1) is 0 Å². The van der Waals surface area contributed by atoms with Crippen LogP contribution in [0.25, 0.3) is 0 Å². The van der Waals surface area contributed by atoms with E-state index >= 15 is 0 Å². The van der Waals surface area contributed by atoms with E-state index in [0.29, 0.717) is 5.75 Å². The summed E-state index contributed by atoms with van der Waals surface area (Å²) < 4.78 is 31.6. The molecule has 0 spiro atoms. The molecule has 0 saturated carbocycles. The summed E-state index contributed by atoms with van der Waals surface area (Å²) in [5, 5.41) is 0. The van der Waals surface area contributed by atoms with Gasteiger partial charge in [-0.25, -0.2) is 4.39 Å². The van der Waals surface area contributed by atoms with Crippen LogP contribution < -0.4 is 10.2 Å². The maximum Gasteiger partial charge on any atom is 0.495 e. The normalized spacial score (nSPS) is 20.8. The molecule has 2 aromatic rings. The van der Waals surface area contributed by atoms with Crippen molar-refractivity contribution < 1.29 is 18.4 Å². The number of benzene rings is 2. The second kappa shape index (κ2) is 7.18. The van der Waals surface area contributed by atoms with Crippen LogP contribution in [0, 0.1) is 5.82 Å². The van der Waals surface area contributed by atoms with Gasteiger partial charge in [-0.2, -0.15) is 0 Å². The minimum Gasteiger partial charge on any atom is -0.457 e. The van der Waals surface area contributed by atoms with E-state index in [1.165, 1.54) is 18.6 Å². The Labute approximate surface area is 166 Å². The van der Waals surface area contributed by atoms with Crippen molar-refractivity contribution in [3.8, 4) is 11.5 Å². The van der Waals surface area contributed by atoms with E-state index < -0.39 is 7.12 Å². The molecule has 0 bridgehead atoms. The van der Waals surface area contributed by atoms with Crippen molar-refractivity contribution in [2.45, 2.75) is 51.9 Å². The van der Waals surface area contributed by atoms with E-state index in [1.807, 2.05) is 18.2 Å². The van der Waals surface area contributed by atoms with Crippen LogP contribution in [-0.2, 0) is 15.9 Å². The summed E-state index contributed by atoms with van der Waals surface area (Å²) in [6, 6.07) is 12.0. The molecule has 0 atom stereocenters. The van der Waals surface area contributed by atoms with Crippen molar-refractivity contribution in [2.75, 3.05) is 13.1 Å². The van der Waals surface area contributed by atoms with Gasteiger partial charge in [0.05, 0.1) is 11.2 Å². The minimum absolute atomic E-state index is 0.276. The number of hydrogen-bond acceptors (Lipinski definition) is 4. The molecule has 0 N–H and O–H groups in total. The monoisotopic (exact) mass is 383 g/mol. The second-order valence-corrected chi connectivity index (χ2v) is 8.63. The van der Waals surface area contributed by atoms with Crippen LogP contribution in [0.1, 0.15) is 39.7 Å². The highest BCUT2D eigenvalue weighted by molar-refractivity contribution is 6.62. The van der Waals surface area contributed by atoms with E-state index in [2.05, 4.69) is 32.6 Å². The molecule has 0 radical (unpaired) electrons. The lowest BCUT2D eigenvalue weighted by molar-refractivity contribution is 0.00578. The molecule has 28 heavy (non-hydrogen) atoms. The van der Waals surface area contributed by atoms with Crippen molar-refractivity contribution >= 4 is 12.6 Å². The summed E-state index contributed by atoms with van der Waals surface area (Å²) in [5.74, 6) is 1.06. The Hall–Kier alpha value is -1.89. The third-order valence-corrected chi connectivity index (χ3v) is 6.01. The highest BCUT2D eigenvalue weighted by Crippen LogP contribution is 2.37. The fraction of sp³-hybridized carbons (Fsp3) is 0.455. The summed E-state index contributed by atoms with van der Waals surface area (Å²) in [6.45, 7) is 11.3. The van der Waals surface area contributed by atoms with Crippen LogP contribution in [-0.4, -0.2) is 36.3 Å². The fourth-order valence-electron chi connectivity index (χ4n) is 3.40. The third kappa shape index (κ3) is 3.82. The highest BCUT2D eigenvalue weighted by atomic mass is 19.1. The Morgan fingerprint density at radius 1 is 0.964 bits per heavy atom.